The highest BCUT2D eigenvalue weighted by Gasteiger charge is 2.65. The van der Waals surface area contributed by atoms with E-state index < -0.39 is 0 Å². The summed E-state index contributed by atoms with van der Waals surface area (Å²) in [4.78, 5) is 0. The second-order valence-electron chi connectivity index (χ2n) is 6.95. The van der Waals surface area contributed by atoms with Crippen molar-refractivity contribution >= 4 is 0 Å². The third-order valence-corrected chi connectivity index (χ3v) is 6.35. The van der Waals surface area contributed by atoms with E-state index in [4.69, 9.17) is 10.00 Å². The summed E-state index contributed by atoms with van der Waals surface area (Å²) < 4.78 is 6.44. The SMILES string of the molecule is CCC1C(CCCC#N)C2OC1C1C3C=CC(C3)C21. The van der Waals surface area contributed by atoms with Gasteiger partial charge in [0.15, 0.2) is 0 Å². The number of nitrogens with zero attached hydrogens (tertiary/aromatic N) is 1. The molecule has 2 aliphatic heterocycles. The van der Waals surface area contributed by atoms with E-state index in [1.54, 1.807) is 0 Å². The largest absolute Gasteiger partial charge is 0.374 e. The molecule has 1 saturated carbocycles. The molecule has 4 rings (SSSR count). The van der Waals surface area contributed by atoms with Crippen molar-refractivity contribution in [1.29, 1.82) is 5.26 Å². The molecule has 0 N–H and O–H groups in total. The van der Waals surface area contributed by atoms with Gasteiger partial charge in [-0.3, -0.25) is 0 Å². The number of unbranched alkanes of at least 4 members (excludes halogenated alkanes) is 1. The molecule has 0 aromatic carbocycles. The lowest BCUT2D eigenvalue weighted by molar-refractivity contribution is 0.0573. The Hall–Kier alpha value is -0.810. The fraction of sp³-hybridized carbons (Fsp3) is 0.824. The van der Waals surface area contributed by atoms with Crippen molar-refractivity contribution in [2.24, 2.45) is 35.5 Å². The number of hydrogen-bond donors (Lipinski definition) is 0. The Labute approximate surface area is 115 Å². The number of nitriles is 1. The van der Waals surface area contributed by atoms with Crippen LogP contribution in [0.15, 0.2) is 12.2 Å². The molecule has 2 heterocycles. The van der Waals surface area contributed by atoms with E-state index in [-0.39, 0.29) is 0 Å². The Balaban J connectivity index is 1.55. The molecule has 8 atom stereocenters. The van der Waals surface area contributed by atoms with Gasteiger partial charge in [0.1, 0.15) is 0 Å². The molecule has 3 fully saturated rings. The number of ether oxygens (including phenoxy) is 1. The predicted octanol–water partition coefficient (Wildman–Crippen LogP) is 3.54. The lowest BCUT2D eigenvalue weighted by Crippen LogP contribution is -2.41. The van der Waals surface area contributed by atoms with Gasteiger partial charge in [0.2, 0.25) is 0 Å². The topological polar surface area (TPSA) is 33.0 Å². The van der Waals surface area contributed by atoms with Gasteiger partial charge in [0.05, 0.1) is 18.3 Å². The highest BCUT2D eigenvalue weighted by Crippen LogP contribution is 2.64. The number of rotatable bonds is 4. The maximum atomic E-state index is 8.74. The first-order valence-corrected chi connectivity index (χ1v) is 8.06. The Morgan fingerprint density at radius 2 is 1.84 bits per heavy atom. The highest BCUT2D eigenvalue weighted by molar-refractivity contribution is 5.22. The normalized spacial score (nSPS) is 52.6. The molecule has 2 heteroatoms. The summed E-state index contributed by atoms with van der Waals surface area (Å²) in [5.74, 6) is 4.77. The molecular weight excluding hydrogens is 234 g/mol. The molecule has 0 amide bonds. The lowest BCUT2D eigenvalue weighted by Gasteiger charge is -2.38. The summed E-state index contributed by atoms with van der Waals surface area (Å²) in [5, 5.41) is 8.74. The van der Waals surface area contributed by atoms with Crippen molar-refractivity contribution in [3.8, 4) is 6.07 Å². The first-order chi connectivity index (χ1) is 9.35. The molecule has 19 heavy (non-hydrogen) atoms. The van der Waals surface area contributed by atoms with Crippen molar-refractivity contribution in [2.75, 3.05) is 0 Å². The molecule has 0 radical (unpaired) electrons. The third kappa shape index (κ3) is 1.51. The van der Waals surface area contributed by atoms with Gasteiger partial charge < -0.3 is 4.74 Å². The number of allylic oxidation sites excluding steroid dienone is 2. The molecule has 102 valence electrons. The van der Waals surface area contributed by atoms with Crippen LogP contribution >= 0.6 is 0 Å². The predicted molar refractivity (Wildman–Crippen MR) is 73.1 cm³/mol. The fourth-order valence-corrected chi connectivity index (χ4v) is 5.78. The first-order valence-electron chi connectivity index (χ1n) is 8.06. The second kappa shape index (κ2) is 4.35. The van der Waals surface area contributed by atoms with E-state index in [1.165, 1.54) is 19.3 Å². The summed E-state index contributed by atoms with van der Waals surface area (Å²) in [5.41, 5.74) is 0. The second-order valence-corrected chi connectivity index (χ2v) is 6.95. The molecule has 0 aromatic rings. The van der Waals surface area contributed by atoms with Crippen molar-refractivity contribution in [3.63, 3.8) is 0 Å². The van der Waals surface area contributed by atoms with Crippen molar-refractivity contribution in [2.45, 2.75) is 51.2 Å². The van der Waals surface area contributed by atoms with Crippen LogP contribution in [0.5, 0.6) is 0 Å². The van der Waals surface area contributed by atoms with Gasteiger partial charge in [-0.25, -0.2) is 0 Å². The van der Waals surface area contributed by atoms with E-state index >= 15 is 0 Å². The molecule has 2 aliphatic carbocycles. The average molecular weight is 257 g/mol. The molecule has 8 unspecified atom stereocenters. The van der Waals surface area contributed by atoms with Crippen LogP contribution in [0, 0.1) is 46.8 Å². The monoisotopic (exact) mass is 257 g/mol. The van der Waals surface area contributed by atoms with Gasteiger partial charge >= 0.3 is 0 Å². The van der Waals surface area contributed by atoms with E-state index in [1.807, 2.05) is 0 Å². The lowest BCUT2D eigenvalue weighted by atomic mass is 9.63. The Kier molecular flexibility index (Phi) is 2.74. The molecular formula is C17H23NO. The Bertz CT molecular complexity index is 437. The number of hydrogen-bond acceptors (Lipinski definition) is 2. The summed E-state index contributed by atoms with van der Waals surface area (Å²) >= 11 is 0. The van der Waals surface area contributed by atoms with Gasteiger partial charge in [0.25, 0.3) is 0 Å². The molecule has 2 nitrogen and oxygen atoms in total. The molecule has 0 aromatic heterocycles. The van der Waals surface area contributed by atoms with Crippen LogP contribution in [0.1, 0.15) is 39.0 Å². The van der Waals surface area contributed by atoms with E-state index in [9.17, 15) is 0 Å². The van der Waals surface area contributed by atoms with Crippen LogP contribution in [-0.4, -0.2) is 12.2 Å². The summed E-state index contributed by atoms with van der Waals surface area (Å²) in [6, 6.07) is 2.29. The van der Waals surface area contributed by atoms with Crippen LogP contribution in [0.3, 0.4) is 0 Å². The standard InChI is InChI=1S/C17H23NO/c1-2-12-13(5-3-4-8-18)17-15-11-7-6-10(9-11)14(15)16(12)19-17/h6-7,10-17H,2-5,9H2,1H3. The summed E-state index contributed by atoms with van der Waals surface area (Å²) in [7, 11) is 0. The smallest absolute Gasteiger partial charge is 0.0648 e. The van der Waals surface area contributed by atoms with Crippen molar-refractivity contribution < 1.29 is 4.74 Å². The fourth-order valence-electron chi connectivity index (χ4n) is 5.78. The van der Waals surface area contributed by atoms with Gasteiger partial charge in [-0.15, -0.1) is 0 Å². The Morgan fingerprint density at radius 1 is 1.16 bits per heavy atom. The van der Waals surface area contributed by atoms with E-state index in [0.717, 1.165) is 41.9 Å². The molecule has 4 bridgehead atoms. The van der Waals surface area contributed by atoms with Crippen LogP contribution < -0.4 is 0 Å². The minimum Gasteiger partial charge on any atom is -0.374 e. The van der Waals surface area contributed by atoms with Crippen molar-refractivity contribution in [1.82, 2.24) is 0 Å². The summed E-state index contributed by atoms with van der Waals surface area (Å²) in [6.07, 6.45) is 11.6. The Morgan fingerprint density at radius 3 is 2.47 bits per heavy atom. The van der Waals surface area contributed by atoms with Gasteiger partial charge in [-0.05, 0) is 54.8 Å². The zero-order valence-corrected chi connectivity index (χ0v) is 11.7. The van der Waals surface area contributed by atoms with Crippen molar-refractivity contribution in [3.05, 3.63) is 12.2 Å². The maximum Gasteiger partial charge on any atom is 0.0648 e. The minimum absolute atomic E-state index is 0.513. The zero-order valence-electron chi connectivity index (χ0n) is 11.7. The van der Waals surface area contributed by atoms with E-state index in [2.05, 4.69) is 25.1 Å². The highest BCUT2D eigenvalue weighted by atomic mass is 16.5. The minimum atomic E-state index is 0.513. The quantitative estimate of drug-likeness (QED) is 0.570. The molecule has 4 aliphatic rings. The van der Waals surface area contributed by atoms with Gasteiger partial charge in [-0.1, -0.05) is 25.5 Å². The molecule has 0 spiro atoms. The molecule has 2 saturated heterocycles. The van der Waals surface area contributed by atoms with E-state index in [0.29, 0.717) is 18.6 Å². The van der Waals surface area contributed by atoms with Crippen LogP contribution in [0.2, 0.25) is 0 Å². The van der Waals surface area contributed by atoms with Crippen LogP contribution in [0.4, 0.5) is 0 Å². The maximum absolute atomic E-state index is 8.74. The van der Waals surface area contributed by atoms with Gasteiger partial charge in [0, 0.05) is 6.42 Å². The average Bonchev–Trinajstić information content (AvgIpc) is 3.16. The van der Waals surface area contributed by atoms with Crippen LogP contribution in [0.25, 0.3) is 0 Å². The zero-order chi connectivity index (χ0) is 13.0. The number of fused-ring (bicyclic) bond motifs is 9. The third-order valence-electron chi connectivity index (χ3n) is 6.35. The first kappa shape index (κ1) is 12.0. The van der Waals surface area contributed by atoms with Gasteiger partial charge in [-0.2, -0.15) is 5.26 Å². The van der Waals surface area contributed by atoms with Crippen LogP contribution in [-0.2, 0) is 4.74 Å². The summed E-state index contributed by atoms with van der Waals surface area (Å²) in [6.45, 7) is 2.32.